The van der Waals surface area contributed by atoms with E-state index >= 15 is 0 Å². The maximum atomic E-state index is 12.6. The Bertz CT molecular complexity index is 611. The van der Waals surface area contributed by atoms with Crippen molar-refractivity contribution >= 4 is 11.8 Å². The lowest BCUT2D eigenvalue weighted by molar-refractivity contribution is -0.138. The van der Waals surface area contributed by atoms with Gasteiger partial charge in [0.1, 0.15) is 6.61 Å². The number of rotatable bonds is 4. The molecule has 0 aromatic heterocycles. The predicted octanol–water partition coefficient (Wildman–Crippen LogP) is 0.612. The molecule has 130 valence electrons. The van der Waals surface area contributed by atoms with E-state index in [2.05, 4.69) is 11.4 Å². The Labute approximate surface area is 142 Å². The van der Waals surface area contributed by atoms with Crippen molar-refractivity contribution in [2.45, 2.75) is 31.3 Å². The van der Waals surface area contributed by atoms with Crippen molar-refractivity contribution in [3.63, 3.8) is 0 Å². The molecule has 1 aliphatic carbocycles. The van der Waals surface area contributed by atoms with E-state index in [-0.39, 0.29) is 36.4 Å². The zero-order valence-electron chi connectivity index (χ0n) is 14.0. The molecule has 0 unspecified atom stereocenters. The molecule has 0 radical (unpaired) electrons. The summed E-state index contributed by atoms with van der Waals surface area (Å²) in [5, 5.41) is 3.12. The van der Waals surface area contributed by atoms with Gasteiger partial charge in [0.25, 0.3) is 0 Å². The van der Waals surface area contributed by atoms with E-state index in [0.29, 0.717) is 25.9 Å². The van der Waals surface area contributed by atoms with Crippen LogP contribution >= 0.6 is 0 Å². The topological polar surface area (TPSA) is 84.7 Å². The molecule has 1 saturated heterocycles. The van der Waals surface area contributed by atoms with Gasteiger partial charge in [-0.3, -0.25) is 9.59 Å². The highest BCUT2D eigenvalue weighted by atomic mass is 16.5. The van der Waals surface area contributed by atoms with Crippen LogP contribution in [0.5, 0.6) is 0 Å². The molecule has 0 bridgehead atoms. The Morgan fingerprint density at radius 1 is 1.29 bits per heavy atom. The second-order valence-electron chi connectivity index (χ2n) is 6.63. The van der Waals surface area contributed by atoms with Crippen LogP contribution in [0.25, 0.3) is 0 Å². The van der Waals surface area contributed by atoms with E-state index in [4.69, 9.17) is 10.5 Å². The number of amides is 2. The highest BCUT2D eigenvalue weighted by Crippen LogP contribution is 2.30. The monoisotopic (exact) mass is 331 g/mol. The molecule has 3 N–H and O–H groups in total. The van der Waals surface area contributed by atoms with E-state index in [1.807, 2.05) is 18.2 Å². The molecule has 2 aliphatic rings. The number of hydrogen-bond donors (Lipinski definition) is 2. The molecule has 1 aromatic rings. The number of nitrogens with two attached hydrogens (primary N) is 1. The van der Waals surface area contributed by atoms with Crippen molar-refractivity contribution in [1.82, 2.24) is 10.2 Å². The zero-order chi connectivity index (χ0) is 17.1. The molecular weight excluding hydrogens is 306 g/mol. The SMILES string of the molecule is COCC(=O)N1CCC(C(=O)N[C@H]2Cc3ccccc3[C@@H]2N)CC1. The molecule has 3 rings (SSSR count). The minimum absolute atomic E-state index is 0.00961. The smallest absolute Gasteiger partial charge is 0.248 e. The van der Waals surface area contributed by atoms with Gasteiger partial charge in [0.05, 0.1) is 12.1 Å². The van der Waals surface area contributed by atoms with Crippen LogP contribution in [-0.4, -0.2) is 49.6 Å². The number of hydrogen-bond acceptors (Lipinski definition) is 4. The highest BCUT2D eigenvalue weighted by Gasteiger charge is 2.33. The fraction of sp³-hybridized carbons (Fsp3) is 0.556. The summed E-state index contributed by atoms with van der Waals surface area (Å²) in [5.74, 6) is -0.000716. The van der Waals surface area contributed by atoms with Gasteiger partial charge in [-0.05, 0) is 30.4 Å². The van der Waals surface area contributed by atoms with Gasteiger partial charge in [-0.2, -0.15) is 0 Å². The van der Waals surface area contributed by atoms with Crippen molar-refractivity contribution in [2.75, 3.05) is 26.8 Å². The number of likely N-dealkylation sites (tertiary alicyclic amines) is 1. The molecule has 24 heavy (non-hydrogen) atoms. The minimum Gasteiger partial charge on any atom is -0.375 e. The van der Waals surface area contributed by atoms with Crippen molar-refractivity contribution in [2.24, 2.45) is 11.7 Å². The lowest BCUT2D eigenvalue weighted by Gasteiger charge is -2.32. The van der Waals surface area contributed by atoms with Crippen LogP contribution in [0.15, 0.2) is 24.3 Å². The summed E-state index contributed by atoms with van der Waals surface area (Å²) in [6.07, 6.45) is 2.17. The first-order valence-corrected chi connectivity index (χ1v) is 8.50. The molecule has 0 saturated carbocycles. The molecule has 1 aromatic carbocycles. The third kappa shape index (κ3) is 3.44. The minimum atomic E-state index is -0.145. The Morgan fingerprint density at radius 2 is 2.00 bits per heavy atom. The zero-order valence-corrected chi connectivity index (χ0v) is 14.0. The average Bonchev–Trinajstić information content (AvgIpc) is 2.91. The first-order chi connectivity index (χ1) is 11.6. The van der Waals surface area contributed by atoms with E-state index < -0.39 is 0 Å². The Hall–Kier alpha value is -1.92. The molecule has 1 aliphatic heterocycles. The first kappa shape index (κ1) is 16.9. The van der Waals surface area contributed by atoms with Crippen LogP contribution in [0.3, 0.4) is 0 Å². The summed E-state index contributed by atoms with van der Waals surface area (Å²) in [5.41, 5.74) is 8.63. The number of methoxy groups -OCH3 is 1. The van der Waals surface area contributed by atoms with Gasteiger partial charge in [-0.1, -0.05) is 24.3 Å². The van der Waals surface area contributed by atoms with Crippen molar-refractivity contribution < 1.29 is 14.3 Å². The molecule has 6 heteroatoms. The quantitative estimate of drug-likeness (QED) is 0.847. The van der Waals surface area contributed by atoms with Crippen LogP contribution < -0.4 is 11.1 Å². The van der Waals surface area contributed by atoms with Gasteiger partial charge in [0, 0.05) is 26.1 Å². The summed E-state index contributed by atoms with van der Waals surface area (Å²) in [4.78, 5) is 26.1. The number of benzene rings is 1. The van der Waals surface area contributed by atoms with Gasteiger partial charge in [-0.25, -0.2) is 0 Å². The highest BCUT2D eigenvalue weighted by molar-refractivity contribution is 5.81. The van der Waals surface area contributed by atoms with Crippen molar-refractivity contribution in [3.05, 3.63) is 35.4 Å². The number of piperidine rings is 1. The van der Waals surface area contributed by atoms with E-state index in [9.17, 15) is 9.59 Å². The molecule has 1 fully saturated rings. The summed E-state index contributed by atoms with van der Waals surface area (Å²) >= 11 is 0. The fourth-order valence-electron chi connectivity index (χ4n) is 3.67. The van der Waals surface area contributed by atoms with Crippen molar-refractivity contribution in [1.29, 1.82) is 0 Å². The van der Waals surface area contributed by atoms with Crippen LogP contribution in [0.4, 0.5) is 0 Å². The molecule has 2 atom stereocenters. The number of ether oxygens (including phenoxy) is 1. The maximum absolute atomic E-state index is 12.6. The van der Waals surface area contributed by atoms with Crippen LogP contribution in [0, 0.1) is 5.92 Å². The number of nitrogens with one attached hydrogen (secondary N) is 1. The summed E-state index contributed by atoms with van der Waals surface area (Å²) in [6.45, 7) is 1.32. The van der Waals surface area contributed by atoms with Crippen LogP contribution in [-0.2, 0) is 20.7 Å². The van der Waals surface area contributed by atoms with Gasteiger partial charge < -0.3 is 20.7 Å². The second-order valence-corrected chi connectivity index (χ2v) is 6.63. The summed E-state index contributed by atoms with van der Waals surface area (Å²) in [7, 11) is 1.51. The largest absolute Gasteiger partial charge is 0.375 e. The molecule has 6 nitrogen and oxygen atoms in total. The molecule has 0 spiro atoms. The second kappa shape index (κ2) is 7.32. The van der Waals surface area contributed by atoms with Gasteiger partial charge in [0.15, 0.2) is 0 Å². The van der Waals surface area contributed by atoms with Gasteiger partial charge in [0.2, 0.25) is 11.8 Å². The summed E-state index contributed by atoms with van der Waals surface area (Å²) < 4.78 is 4.88. The van der Waals surface area contributed by atoms with E-state index in [1.165, 1.54) is 12.7 Å². The fourth-order valence-corrected chi connectivity index (χ4v) is 3.67. The Kier molecular flexibility index (Phi) is 5.16. The lowest BCUT2D eigenvalue weighted by Crippen LogP contribution is -2.47. The summed E-state index contributed by atoms with van der Waals surface area (Å²) in [6, 6.07) is 7.91. The average molecular weight is 331 g/mol. The molecule has 2 amide bonds. The third-order valence-electron chi connectivity index (χ3n) is 5.10. The number of nitrogens with zero attached hydrogens (tertiary/aromatic N) is 1. The van der Waals surface area contributed by atoms with Crippen LogP contribution in [0.1, 0.15) is 30.0 Å². The number of carbonyl (C=O) groups is 2. The lowest BCUT2D eigenvalue weighted by atomic mass is 9.95. The Morgan fingerprint density at radius 3 is 2.67 bits per heavy atom. The maximum Gasteiger partial charge on any atom is 0.248 e. The molecular formula is C18H25N3O3. The number of fused-ring (bicyclic) bond motifs is 1. The van der Waals surface area contributed by atoms with Crippen LogP contribution in [0.2, 0.25) is 0 Å². The third-order valence-corrected chi connectivity index (χ3v) is 5.10. The van der Waals surface area contributed by atoms with E-state index in [0.717, 1.165) is 12.0 Å². The standard InChI is InChI=1S/C18H25N3O3/c1-24-11-16(22)21-8-6-12(7-9-21)18(23)20-15-10-13-4-2-3-5-14(13)17(15)19/h2-5,12,15,17H,6-11,19H2,1H3,(H,20,23)/t15-,17-/m0/s1. The normalized spacial score (nSPS) is 23.8. The first-order valence-electron chi connectivity index (χ1n) is 8.50. The van der Waals surface area contributed by atoms with Gasteiger partial charge >= 0.3 is 0 Å². The van der Waals surface area contributed by atoms with Gasteiger partial charge in [-0.15, -0.1) is 0 Å². The predicted molar refractivity (Wildman–Crippen MR) is 90.2 cm³/mol. The molecule has 1 heterocycles. The Balaban J connectivity index is 1.51. The van der Waals surface area contributed by atoms with Crippen molar-refractivity contribution in [3.8, 4) is 0 Å². The number of carbonyl (C=O) groups excluding carboxylic acids is 2. The van der Waals surface area contributed by atoms with E-state index in [1.54, 1.807) is 4.90 Å².